The number of hydrazine groups is 1. The Labute approximate surface area is 104 Å². The first-order chi connectivity index (χ1) is 8.13. The average molecular weight is 236 g/mol. The van der Waals surface area contributed by atoms with E-state index in [0.29, 0.717) is 0 Å². The van der Waals surface area contributed by atoms with E-state index >= 15 is 0 Å². The van der Waals surface area contributed by atoms with E-state index in [1.807, 2.05) is 0 Å². The molecule has 0 radical (unpaired) electrons. The normalized spacial score (nSPS) is 13.7. The fourth-order valence-corrected chi connectivity index (χ4v) is 2.47. The van der Waals surface area contributed by atoms with Crippen LogP contribution in [0.5, 0.6) is 0 Å². The third kappa shape index (κ3) is 2.86. The van der Waals surface area contributed by atoms with E-state index in [2.05, 4.69) is 50.5 Å². The monoisotopic (exact) mass is 236 g/mol. The molecule has 1 aromatic carbocycles. The second-order valence-corrected chi connectivity index (χ2v) is 4.49. The zero-order valence-electron chi connectivity index (χ0n) is 11.3. The molecule has 96 valence electrons. The van der Waals surface area contributed by atoms with Crippen molar-refractivity contribution < 1.29 is 4.74 Å². The first-order valence-corrected chi connectivity index (χ1v) is 6.21. The van der Waals surface area contributed by atoms with Crippen LogP contribution in [0.15, 0.2) is 24.3 Å². The number of rotatable bonds is 6. The molecule has 0 spiro atoms. The van der Waals surface area contributed by atoms with Gasteiger partial charge in [-0.1, -0.05) is 43.7 Å². The molecule has 0 bridgehead atoms. The first kappa shape index (κ1) is 14.2. The summed E-state index contributed by atoms with van der Waals surface area (Å²) in [6.45, 7) is 6.35. The van der Waals surface area contributed by atoms with Gasteiger partial charge in [0.05, 0.1) is 11.6 Å². The van der Waals surface area contributed by atoms with Crippen molar-refractivity contribution in [2.75, 3.05) is 7.11 Å². The van der Waals surface area contributed by atoms with Crippen LogP contribution in [0.4, 0.5) is 0 Å². The molecule has 0 aliphatic carbocycles. The molecule has 0 saturated carbocycles. The lowest BCUT2D eigenvalue weighted by molar-refractivity contribution is -0.0486. The predicted molar refractivity (Wildman–Crippen MR) is 71.6 cm³/mol. The Morgan fingerprint density at radius 1 is 1.35 bits per heavy atom. The lowest BCUT2D eigenvalue weighted by Gasteiger charge is -2.38. The molecule has 1 aromatic rings. The number of nitrogens with two attached hydrogens (primary N) is 1. The van der Waals surface area contributed by atoms with Gasteiger partial charge in [-0.15, -0.1) is 0 Å². The standard InChI is InChI=1S/C14H24N2O/c1-5-14(6-2,17-4)13(16-15)12-9-7-8-11(3)10-12/h7-10,13,16H,5-6,15H2,1-4H3. The number of nitrogens with one attached hydrogen (secondary N) is 1. The molecule has 1 unspecified atom stereocenters. The van der Waals surface area contributed by atoms with Crippen LogP contribution in [0.2, 0.25) is 0 Å². The molecule has 0 aromatic heterocycles. The van der Waals surface area contributed by atoms with Gasteiger partial charge in [-0.25, -0.2) is 0 Å². The minimum Gasteiger partial charge on any atom is -0.376 e. The molecule has 0 amide bonds. The molecule has 3 N–H and O–H groups in total. The van der Waals surface area contributed by atoms with Crippen LogP contribution in [-0.2, 0) is 4.74 Å². The largest absolute Gasteiger partial charge is 0.376 e. The quantitative estimate of drug-likeness (QED) is 0.589. The number of hydrogen-bond donors (Lipinski definition) is 2. The summed E-state index contributed by atoms with van der Waals surface area (Å²) in [5, 5.41) is 0. The van der Waals surface area contributed by atoms with Crippen molar-refractivity contribution >= 4 is 0 Å². The molecule has 0 aliphatic rings. The third-order valence-corrected chi connectivity index (χ3v) is 3.67. The number of methoxy groups -OCH3 is 1. The highest BCUT2D eigenvalue weighted by Gasteiger charge is 2.36. The molecule has 3 nitrogen and oxygen atoms in total. The molecular weight excluding hydrogens is 212 g/mol. The zero-order valence-corrected chi connectivity index (χ0v) is 11.3. The zero-order chi connectivity index (χ0) is 12.9. The van der Waals surface area contributed by atoms with Crippen LogP contribution in [0.1, 0.15) is 43.9 Å². The summed E-state index contributed by atoms with van der Waals surface area (Å²) in [4.78, 5) is 0. The summed E-state index contributed by atoms with van der Waals surface area (Å²) in [6.07, 6.45) is 1.84. The molecule has 0 fully saturated rings. The number of hydrogen-bond acceptors (Lipinski definition) is 3. The van der Waals surface area contributed by atoms with Crippen LogP contribution in [0.25, 0.3) is 0 Å². The van der Waals surface area contributed by atoms with Gasteiger partial charge < -0.3 is 4.74 Å². The molecule has 0 aliphatic heterocycles. The van der Waals surface area contributed by atoms with Crippen molar-refractivity contribution in [2.24, 2.45) is 5.84 Å². The summed E-state index contributed by atoms with van der Waals surface area (Å²) in [5.41, 5.74) is 5.08. The van der Waals surface area contributed by atoms with E-state index < -0.39 is 0 Å². The van der Waals surface area contributed by atoms with Crippen molar-refractivity contribution in [1.82, 2.24) is 5.43 Å². The number of aryl methyl sites for hydroxylation is 1. The van der Waals surface area contributed by atoms with Crippen LogP contribution < -0.4 is 11.3 Å². The lowest BCUT2D eigenvalue weighted by Crippen LogP contribution is -2.47. The number of ether oxygens (including phenoxy) is 1. The Morgan fingerprint density at radius 3 is 2.41 bits per heavy atom. The van der Waals surface area contributed by atoms with Crippen LogP contribution in [0.3, 0.4) is 0 Å². The van der Waals surface area contributed by atoms with E-state index in [1.54, 1.807) is 7.11 Å². The summed E-state index contributed by atoms with van der Waals surface area (Å²) in [7, 11) is 1.76. The SMILES string of the molecule is CCC(CC)(OC)C(NN)c1cccc(C)c1. The molecule has 0 heterocycles. The van der Waals surface area contributed by atoms with Crippen molar-refractivity contribution in [1.29, 1.82) is 0 Å². The molecule has 17 heavy (non-hydrogen) atoms. The minimum absolute atomic E-state index is 0.0161. The molecule has 3 heteroatoms. The summed E-state index contributed by atoms with van der Waals surface area (Å²) >= 11 is 0. The van der Waals surface area contributed by atoms with Gasteiger partial charge in [0.15, 0.2) is 0 Å². The highest BCUT2D eigenvalue weighted by molar-refractivity contribution is 5.27. The Morgan fingerprint density at radius 2 is 2.00 bits per heavy atom. The van der Waals surface area contributed by atoms with E-state index in [-0.39, 0.29) is 11.6 Å². The summed E-state index contributed by atoms with van der Waals surface area (Å²) in [6, 6.07) is 8.41. The van der Waals surface area contributed by atoms with E-state index in [0.717, 1.165) is 12.8 Å². The van der Waals surface area contributed by atoms with Crippen molar-refractivity contribution in [3.63, 3.8) is 0 Å². The Bertz CT molecular complexity index is 340. The topological polar surface area (TPSA) is 47.3 Å². The molecule has 1 rings (SSSR count). The predicted octanol–water partition coefficient (Wildman–Crippen LogP) is 2.70. The molecule has 0 saturated heterocycles. The summed E-state index contributed by atoms with van der Waals surface area (Å²) in [5.74, 6) is 5.74. The third-order valence-electron chi connectivity index (χ3n) is 3.67. The lowest BCUT2D eigenvalue weighted by atomic mass is 9.84. The second kappa shape index (κ2) is 6.15. The molecular formula is C14H24N2O. The maximum absolute atomic E-state index is 5.74. The highest BCUT2D eigenvalue weighted by atomic mass is 16.5. The fraction of sp³-hybridized carbons (Fsp3) is 0.571. The van der Waals surface area contributed by atoms with Crippen LogP contribution in [-0.4, -0.2) is 12.7 Å². The van der Waals surface area contributed by atoms with Gasteiger partial charge in [0.1, 0.15) is 0 Å². The van der Waals surface area contributed by atoms with Gasteiger partial charge in [0, 0.05) is 7.11 Å². The Balaban J connectivity index is 3.13. The second-order valence-electron chi connectivity index (χ2n) is 4.49. The average Bonchev–Trinajstić information content (AvgIpc) is 2.36. The van der Waals surface area contributed by atoms with Crippen LogP contribution >= 0.6 is 0 Å². The van der Waals surface area contributed by atoms with Gasteiger partial charge in [-0.3, -0.25) is 11.3 Å². The van der Waals surface area contributed by atoms with Gasteiger partial charge in [0.25, 0.3) is 0 Å². The maximum atomic E-state index is 5.74. The minimum atomic E-state index is -0.247. The Kier molecular flexibility index (Phi) is 5.12. The number of benzene rings is 1. The Hall–Kier alpha value is -0.900. The van der Waals surface area contributed by atoms with Crippen molar-refractivity contribution in [3.05, 3.63) is 35.4 Å². The van der Waals surface area contributed by atoms with Gasteiger partial charge in [-0.2, -0.15) is 0 Å². The fourth-order valence-electron chi connectivity index (χ4n) is 2.47. The van der Waals surface area contributed by atoms with Crippen molar-refractivity contribution in [2.45, 2.75) is 45.3 Å². The first-order valence-electron chi connectivity index (χ1n) is 6.21. The van der Waals surface area contributed by atoms with Crippen LogP contribution in [0, 0.1) is 6.92 Å². The maximum Gasteiger partial charge on any atom is 0.0880 e. The van der Waals surface area contributed by atoms with E-state index in [1.165, 1.54) is 11.1 Å². The smallest absolute Gasteiger partial charge is 0.0880 e. The van der Waals surface area contributed by atoms with Crippen molar-refractivity contribution in [3.8, 4) is 0 Å². The van der Waals surface area contributed by atoms with Gasteiger partial charge >= 0.3 is 0 Å². The van der Waals surface area contributed by atoms with E-state index in [4.69, 9.17) is 10.6 Å². The highest BCUT2D eigenvalue weighted by Crippen LogP contribution is 2.34. The van der Waals surface area contributed by atoms with E-state index in [9.17, 15) is 0 Å². The van der Waals surface area contributed by atoms with Gasteiger partial charge in [-0.05, 0) is 25.3 Å². The van der Waals surface area contributed by atoms with Gasteiger partial charge in [0.2, 0.25) is 0 Å². The summed E-state index contributed by atoms with van der Waals surface area (Å²) < 4.78 is 5.74. The molecule has 1 atom stereocenters.